The molecule has 0 aliphatic carbocycles. The van der Waals surface area contributed by atoms with Gasteiger partial charge < -0.3 is 14.7 Å². The van der Waals surface area contributed by atoms with E-state index in [9.17, 15) is 14.0 Å². The summed E-state index contributed by atoms with van der Waals surface area (Å²) in [6.07, 6.45) is 2.61. The van der Waals surface area contributed by atoms with E-state index in [-0.39, 0.29) is 23.4 Å². The molecule has 2 aromatic carbocycles. The molecule has 162 valence electrons. The van der Waals surface area contributed by atoms with Gasteiger partial charge in [0.1, 0.15) is 12.5 Å². The van der Waals surface area contributed by atoms with Crippen LogP contribution in [0.1, 0.15) is 41.8 Å². The number of carbonyl (C=O) groups excluding carboxylic acids is 2. The highest BCUT2D eigenvalue weighted by Crippen LogP contribution is 2.25. The summed E-state index contributed by atoms with van der Waals surface area (Å²) < 4.78 is 14.6. The van der Waals surface area contributed by atoms with Crippen molar-refractivity contribution >= 4 is 23.7 Å². The van der Waals surface area contributed by atoms with Gasteiger partial charge >= 0.3 is 0 Å². The Labute approximate surface area is 182 Å². The van der Waals surface area contributed by atoms with Gasteiger partial charge in [0.05, 0.1) is 5.56 Å². The summed E-state index contributed by atoms with van der Waals surface area (Å²) in [6, 6.07) is 12.7. The third-order valence-corrected chi connectivity index (χ3v) is 6.04. The van der Waals surface area contributed by atoms with Crippen LogP contribution >= 0.6 is 0 Å². The average molecular weight is 423 g/mol. The summed E-state index contributed by atoms with van der Waals surface area (Å²) in [5, 5.41) is 0. The second kappa shape index (κ2) is 8.88. The number of piperazine rings is 1. The van der Waals surface area contributed by atoms with Crippen molar-refractivity contribution in [3.63, 3.8) is 0 Å². The Bertz CT molecular complexity index is 1020. The molecule has 1 atom stereocenters. The topological polar surface area (TPSA) is 56.2 Å². The normalized spacial score (nSPS) is 18.2. The number of amides is 2. The molecule has 0 unspecified atom stereocenters. The summed E-state index contributed by atoms with van der Waals surface area (Å²) >= 11 is 0. The van der Waals surface area contributed by atoms with Gasteiger partial charge in [-0.15, -0.1) is 0 Å². The minimum Gasteiger partial charge on any atom is -0.347 e. The number of hydrogen-bond acceptors (Lipinski definition) is 4. The van der Waals surface area contributed by atoms with Crippen molar-refractivity contribution in [1.29, 1.82) is 0 Å². The summed E-state index contributed by atoms with van der Waals surface area (Å²) in [4.78, 5) is 35.0. The largest absolute Gasteiger partial charge is 0.347 e. The first-order chi connectivity index (χ1) is 15.0. The van der Waals surface area contributed by atoms with Crippen molar-refractivity contribution in [3.8, 4) is 0 Å². The van der Waals surface area contributed by atoms with E-state index < -0.39 is 5.82 Å². The van der Waals surface area contributed by atoms with Crippen LogP contribution in [-0.4, -0.2) is 60.2 Å². The molecule has 2 amide bonds. The van der Waals surface area contributed by atoms with E-state index in [4.69, 9.17) is 0 Å². The molecular formula is C24H27FN4O2. The fourth-order valence-electron chi connectivity index (χ4n) is 4.36. The van der Waals surface area contributed by atoms with Crippen LogP contribution in [0, 0.1) is 5.82 Å². The highest BCUT2D eigenvalue weighted by Gasteiger charge is 2.31. The van der Waals surface area contributed by atoms with Crippen LogP contribution in [0.5, 0.6) is 0 Å². The predicted octanol–water partition coefficient (Wildman–Crippen LogP) is 3.31. The Hall–Kier alpha value is -3.22. The lowest BCUT2D eigenvalue weighted by Crippen LogP contribution is -2.55. The van der Waals surface area contributed by atoms with Gasteiger partial charge in [0.2, 0.25) is 5.91 Å². The molecule has 2 aliphatic rings. The summed E-state index contributed by atoms with van der Waals surface area (Å²) in [5.74, 6) is -0.831. The molecule has 0 bridgehead atoms. The molecule has 4 rings (SSSR count). The monoisotopic (exact) mass is 422 g/mol. The number of halogens is 1. The molecule has 1 fully saturated rings. The smallest absolute Gasteiger partial charge is 0.256 e. The van der Waals surface area contributed by atoms with Gasteiger partial charge in [0.25, 0.3) is 5.91 Å². The molecule has 0 N–H and O–H groups in total. The zero-order valence-electron chi connectivity index (χ0n) is 17.9. The molecule has 2 aromatic rings. The molecule has 0 saturated carbocycles. The van der Waals surface area contributed by atoms with Crippen molar-refractivity contribution in [3.05, 3.63) is 65.0 Å². The zero-order chi connectivity index (χ0) is 22.0. The summed E-state index contributed by atoms with van der Waals surface area (Å²) in [5.41, 5.74) is 3.05. The van der Waals surface area contributed by atoms with Crippen molar-refractivity contribution in [2.75, 3.05) is 31.2 Å². The van der Waals surface area contributed by atoms with E-state index in [0.717, 1.165) is 23.2 Å². The standard InChI is InChI=1S/C24H27FN4O2/c1-3-20-15-27(10-11-29(20)17(2)30)24(31)21-12-18(8-9-22(21)25)14-28-16-26-13-19-6-4-5-7-23(19)28/h4-9,12-13,20H,3,10-11,14-16H2,1-2H3/t20-/m0/s1. The molecule has 0 radical (unpaired) electrons. The average Bonchev–Trinajstić information content (AvgIpc) is 2.79. The van der Waals surface area contributed by atoms with Crippen LogP contribution < -0.4 is 4.90 Å². The maximum absolute atomic E-state index is 14.6. The Balaban J connectivity index is 1.53. The summed E-state index contributed by atoms with van der Waals surface area (Å²) in [7, 11) is 0. The molecule has 0 spiro atoms. The highest BCUT2D eigenvalue weighted by atomic mass is 19.1. The third-order valence-electron chi connectivity index (χ3n) is 6.04. The van der Waals surface area contributed by atoms with Crippen molar-refractivity contribution in [2.24, 2.45) is 4.99 Å². The van der Waals surface area contributed by atoms with Crippen LogP contribution in [0.2, 0.25) is 0 Å². The fourth-order valence-corrected chi connectivity index (χ4v) is 4.36. The Morgan fingerprint density at radius 1 is 1.16 bits per heavy atom. The van der Waals surface area contributed by atoms with Crippen LogP contribution in [0.25, 0.3) is 0 Å². The molecule has 0 aromatic heterocycles. The van der Waals surface area contributed by atoms with E-state index in [1.165, 1.54) is 6.07 Å². The summed E-state index contributed by atoms with van der Waals surface area (Å²) in [6.45, 7) is 5.90. The maximum atomic E-state index is 14.6. The van der Waals surface area contributed by atoms with Crippen molar-refractivity contribution in [1.82, 2.24) is 9.80 Å². The lowest BCUT2D eigenvalue weighted by atomic mass is 10.0. The van der Waals surface area contributed by atoms with Gasteiger partial charge in [-0.1, -0.05) is 31.2 Å². The first kappa shape index (κ1) is 21.0. The number of aliphatic imine (C=N–C) groups is 1. The number of carbonyl (C=O) groups is 2. The highest BCUT2D eigenvalue weighted by molar-refractivity contribution is 5.95. The molecular weight excluding hydrogens is 395 g/mol. The van der Waals surface area contributed by atoms with Gasteiger partial charge in [0, 0.05) is 56.6 Å². The number of fused-ring (bicyclic) bond motifs is 1. The quantitative estimate of drug-likeness (QED) is 0.760. The van der Waals surface area contributed by atoms with Gasteiger partial charge in [-0.3, -0.25) is 14.6 Å². The number of para-hydroxylation sites is 1. The Morgan fingerprint density at radius 3 is 2.74 bits per heavy atom. The molecule has 2 aliphatic heterocycles. The number of hydrogen-bond donors (Lipinski definition) is 0. The zero-order valence-corrected chi connectivity index (χ0v) is 17.9. The van der Waals surface area contributed by atoms with Gasteiger partial charge in [-0.25, -0.2) is 4.39 Å². The SMILES string of the molecule is CC[C@H]1CN(C(=O)c2cc(CN3CN=Cc4ccccc43)ccc2F)CCN1C(C)=O. The van der Waals surface area contributed by atoms with E-state index in [1.54, 1.807) is 28.9 Å². The molecule has 31 heavy (non-hydrogen) atoms. The van der Waals surface area contributed by atoms with Crippen molar-refractivity contribution in [2.45, 2.75) is 32.9 Å². The van der Waals surface area contributed by atoms with E-state index in [1.807, 2.05) is 37.4 Å². The first-order valence-electron chi connectivity index (χ1n) is 10.7. The third kappa shape index (κ3) is 4.31. The minimum absolute atomic E-state index is 0.0107. The van der Waals surface area contributed by atoms with Gasteiger partial charge in [0.15, 0.2) is 0 Å². The van der Waals surface area contributed by atoms with E-state index >= 15 is 0 Å². The number of nitrogens with zero attached hydrogens (tertiary/aromatic N) is 4. The predicted molar refractivity (Wildman–Crippen MR) is 119 cm³/mol. The number of benzene rings is 2. The molecule has 2 heterocycles. The number of rotatable bonds is 4. The first-order valence-corrected chi connectivity index (χ1v) is 10.7. The Morgan fingerprint density at radius 2 is 1.97 bits per heavy atom. The lowest BCUT2D eigenvalue weighted by molar-refractivity contribution is -0.133. The minimum atomic E-state index is -0.520. The Kier molecular flexibility index (Phi) is 6.02. The van der Waals surface area contributed by atoms with Gasteiger partial charge in [-0.2, -0.15) is 0 Å². The van der Waals surface area contributed by atoms with Crippen LogP contribution in [-0.2, 0) is 11.3 Å². The van der Waals surface area contributed by atoms with Crippen LogP contribution in [0.15, 0.2) is 47.5 Å². The van der Waals surface area contributed by atoms with Crippen LogP contribution in [0.4, 0.5) is 10.1 Å². The van der Waals surface area contributed by atoms with E-state index in [0.29, 0.717) is 32.8 Å². The fraction of sp³-hybridized carbons (Fsp3) is 0.375. The molecule has 7 heteroatoms. The number of anilines is 1. The van der Waals surface area contributed by atoms with E-state index in [2.05, 4.69) is 9.89 Å². The molecule has 6 nitrogen and oxygen atoms in total. The maximum Gasteiger partial charge on any atom is 0.256 e. The van der Waals surface area contributed by atoms with Crippen LogP contribution in [0.3, 0.4) is 0 Å². The lowest BCUT2D eigenvalue weighted by Gasteiger charge is -2.40. The van der Waals surface area contributed by atoms with Crippen molar-refractivity contribution < 1.29 is 14.0 Å². The molecule has 1 saturated heterocycles. The second-order valence-electron chi connectivity index (χ2n) is 8.05. The second-order valence-corrected chi connectivity index (χ2v) is 8.05. The van der Waals surface area contributed by atoms with Gasteiger partial charge in [-0.05, 0) is 30.2 Å².